The summed E-state index contributed by atoms with van der Waals surface area (Å²) in [6.07, 6.45) is 3.28. The molecule has 0 fully saturated rings. The molecule has 0 radical (unpaired) electrons. The highest BCUT2D eigenvalue weighted by molar-refractivity contribution is 5.86. The summed E-state index contributed by atoms with van der Waals surface area (Å²) < 4.78 is 0. The third-order valence-electron chi connectivity index (χ3n) is 2.57. The van der Waals surface area contributed by atoms with Crippen molar-refractivity contribution in [2.45, 2.75) is 26.7 Å². The molecule has 0 saturated carbocycles. The van der Waals surface area contributed by atoms with Crippen LogP contribution in [0, 0.1) is 5.92 Å². The van der Waals surface area contributed by atoms with E-state index in [1.165, 1.54) is 17.2 Å². The maximum Gasteiger partial charge on any atom is 0.243 e. The molecule has 0 heterocycles. The minimum atomic E-state index is -0.110. The van der Waals surface area contributed by atoms with Gasteiger partial charge in [-0.3, -0.25) is 4.79 Å². The summed E-state index contributed by atoms with van der Waals surface area (Å²) in [5.41, 5.74) is 2.63. The molecule has 1 aromatic carbocycles. The highest BCUT2D eigenvalue weighted by atomic mass is 16.1. The normalized spacial score (nSPS) is 10.3. The van der Waals surface area contributed by atoms with Crippen LogP contribution in [0.25, 0.3) is 0 Å². The minimum Gasteiger partial charge on any atom is -0.352 e. The van der Waals surface area contributed by atoms with Gasteiger partial charge in [0.1, 0.15) is 0 Å². The summed E-state index contributed by atoms with van der Waals surface area (Å²) in [6, 6.07) is 8.62. The number of benzene rings is 1. The monoisotopic (exact) mass is 231 g/mol. The zero-order valence-corrected chi connectivity index (χ0v) is 10.7. The Kier molecular flexibility index (Phi) is 5.47. The van der Waals surface area contributed by atoms with E-state index < -0.39 is 0 Å². The van der Waals surface area contributed by atoms with Gasteiger partial charge in [0, 0.05) is 6.54 Å². The zero-order chi connectivity index (χ0) is 12.7. The Hall–Kier alpha value is -1.57. The maximum atomic E-state index is 10.9. The molecular weight excluding hydrogens is 210 g/mol. The molecule has 0 aliphatic rings. The van der Waals surface area contributed by atoms with Gasteiger partial charge in [0.05, 0.1) is 0 Å². The molecule has 1 aromatic rings. The van der Waals surface area contributed by atoms with E-state index in [0.717, 1.165) is 12.8 Å². The fraction of sp³-hybridized carbons (Fsp3) is 0.400. The van der Waals surface area contributed by atoms with Crippen LogP contribution in [0.1, 0.15) is 25.0 Å². The summed E-state index contributed by atoms with van der Waals surface area (Å²) in [7, 11) is 0. The van der Waals surface area contributed by atoms with Crippen molar-refractivity contribution >= 4 is 5.91 Å². The van der Waals surface area contributed by atoms with Gasteiger partial charge in [-0.2, -0.15) is 0 Å². The van der Waals surface area contributed by atoms with Crippen LogP contribution in [0.4, 0.5) is 0 Å². The second-order valence-electron chi connectivity index (χ2n) is 4.66. The lowest BCUT2D eigenvalue weighted by atomic mass is 10.0. The fourth-order valence-corrected chi connectivity index (χ4v) is 1.72. The average molecular weight is 231 g/mol. The van der Waals surface area contributed by atoms with Gasteiger partial charge in [0.2, 0.25) is 5.91 Å². The van der Waals surface area contributed by atoms with Crippen molar-refractivity contribution in [3.63, 3.8) is 0 Å². The molecule has 0 spiro atoms. The lowest BCUT2D eigenvalue weighted by molar-refractivity contribution is -0.116. The second kappa shape index (κ2) is 6.89. The van der Waals surface area contributed by atoms with Crippen molar-refractivity contribution < 1.29 is 4.79 Å². The van der Waals surface area contributed by atoms with E-state index in [9.17, 15) is 4.79 Å². The van der Waals surface area contributed by atoms with Crippen LogP contribution >= 0.6 is 0 Å². The summed E-state index contributed by atoms with van der Waals surface area (Å²) in [5, 5.41) is 2.77. The molecule has 1 N–H and O–H groups in total. The summed E-state index contributed by atoms with van der Waals surface area (Å²) in [4.78, 5) is 10.9. The Bertz CT molecular complexity index is 365. The van der Waals surface area contributed by atoms with Crippen molar-refractivity contribution in [2.75, 3.05) is 6.54 Å². The molecule has 2 nitrogen and oxygen atoms in total. The Morgan fingerprint density at radius 2 is 1.88 bits per heavy atom. The number of rotatable bonds is 6. The van der Waals surface area contributed by atoms with Gasteiger partial charge in [-0.25, -0.2) is 0 Å². The van der Waals surface area contributed by atoms with Gasteiger partial charge in [-0.15, -0.1) is 0 Å². The lowest BCUT2D eigenvalue weighted by Crippen LogP contribution is -2.23. The number of amides is 1. The molecule has 0 aromatic heterocycles. The fourth-order valence-electron chi connectivity index (χ4n) is 1.72. The first kappa shape index (κ1) is 13.5. The van der Waals surface area contributed by atoms with Crippen LogP contribution in [0.5, 0.6) is 0 Å². The van der Waals surface area contributed by atoms with E-state index in [4.69, 9.17) is 0 Å². The first-order valence-corrected chi connectivity index (χ1v) is 6.10. The zero-order valence-electron chi connectivity index (χ0n) is 10.7. The van der Waals surface area contributed by atoms with E-state index in [0.29, 0.717) is 12.5 Å². The highest BCUT2D eigenvalue weighted by Crippen LogP contribution is 2.09. The topological polar surface area (TPSA) is 29.1 Å². The Morgan fingerprint density at radius 1 is 1.29 bits per heavy atom. The standard InChI is InChI=1S/C15H21NO/c1-4-15(17)16-10-9-13-5-7-14(8-6-13)11-12(2)3/h4-8,12H,1,9-11H2,2-3H3,(H,16,17). The molecule has 1 rings (SSSR count). The molecule has 0 bridgehead atoms. The molecule has 17 heavy (non-hydrogen) atoms. The van der Waals surface area contributed by atoms with Gasteiger partial charge in [0.25, 0.3) is 0 Å². The van der Waals surface area contributed by atoms with Gasteiger partial charge < -0.3 is 5.32 Å². The van der Waals surface area contributed by atoms with Gasteiger partial charge in [0.15, 0.2) is 0 Å². The van der Waals surface area contributed by atoms with Crippen LogP contribution < -0.4 is 5.32 Å². The Balaban J connectivity index is 2.40. The third kappa shape index (κ3) is 5.34. The van der Waals surface area contributed by atoms with Gasteiger partial charge in [-0.1, -0.05) is 44.7 Å². The van der Waals surface area contributed by atoms with Crippen LogP contribution in [0.15, 0.2) is 36.9 Å². The third-order valence-corrected chi connectivity index (χ3v) is 2.57. The first-order valence-electron chi connectivity index (χ1n) is 6.10. The van der Waals surface area contributed by atoms with Crippen molar-refractivity contribution in [2.24, 2.45) is 5.92 Å². The largest absolute Gasteiger partial charge is 0.352 e. The maximum absolute atomic E-state index is 10.9. The Labute approximate surface area is 104 Å². The number of hydrogen-bond donors (Lipinski definition) is 1. The summed E-state index contributed by atoms with van der Waals surface area (Å²) >= 11 is 0. The van der Waals surface area contributed by atoms with Crippen LogP contribution in [0.3, 0.4) is 0 Å². The second-order valence-corrected chi connectivity index (χ2v) is 4.66. The molecule has 1 amide bonds. The van der Waals surface area contributed by atoms with Crippen molar-refractivity contribution in [1.29, 1.82) is 0 Å². The van der Waals surface area contributed by atoms with E-state index in [2.05, 4.69) is 50.0 Å². The molecule has 0 aliphatic heterocycles. The predicted molar refractivity (Wildman–Crippen MR) is 71.9 cm³/mol. The smallest absolute Gasteiger partial charge is 0.243 e. The first-order chi connectivity index (χ1) is 8.11. The molecule has 2 heteroatoms. The summed E-state index contributed by atoms with van der Waals surface area (Å²) in [5.74, 6) is 0.578. The van der Waals surface area contributed by atoms with Crippen LogP contribution in [-0.2, 0) is 17.6 Å². The Morgan fingerprint density at radius 3 is 2.41 bits per heavy atom. The highest BCUT2D eigenvalue weighted by Gasteiger charge is 1.99. The molecule has 0 atom stereocenters. The van der Waals surface area contributed by atoms with E-state index in [-0.39, 0.29) is 5.91 Å². The SMILES string of the molecule is C=CC(=O)NCCc1ccc(CC(C)C)cc1. The quantitative estimate of drug-likeness (QED) is 0.749. The number of carbonyl (C=O) groups excluding carboxylic acids is 1. The number of nitrogens with one attached hydrogen (secondary N) is 1. The van der Waals surface area contributed by atoms with E-state index in [1.54, 1.807) is 0 Å². The number of hydrogen-bond acceptors (Lipinski definition) is 1. The lowest BCUT2D eigenvalue weighted by Gasteiger charge is -2.07. The van der Waals surface area contributed by atoms with Crippen LogP contribution in [0.2, 0.25) is 0 Å². The van der Waals surface area contributed by atoms with Gasteiger partial charge >= 0.3 is 0 Å². The van der Waals surface area contributed by atoms with Crippen LogP contribution in [-0.4, -0.2) is 12.5 Å². The summed E-state index contributed by atoms with van der Waals surface area (Å²) in [6.45, 7) is 8.52. The van der Waals surface area contributed by atoms with Crippen molar-refractivity contribution in [3.8, 4) is 0 Å². The molecular formula is C15H21NO. The van der Waals surface area contributed by atoms with Crippen molar-refractivity contribution in [1.82, 2.24) is 5.32 Å². The molecule has 0 saturated heterocycles. The van der Waals surface area contributed by atoms with Gasteiger partial charge in [-0.05, 0) is 36.0 Å². The predicted octanol–water partition coefficient (Wildman–Crippen LogP) is 2.73. The minimum absolute atomic E-state index is 0.110. The molecule has 0 unspecified atom stereocenters. The number of carbonyl (C=O) groups is 1. The van der Waals surface area contributed by atoms with Crippen molar-refractivity contribution in [3.05, 3.63) is 48.0 Å². The molecule has 0 aliphatic carbocycles. The van der Waals surface area contributed by atoms with E-state index in [1.807, 2.05) is 0 Å². The average Bonchev–Trinajstić information content (AvgIpc) is 2.30. The molecule has 92 valence electrons. The van der Waals surface area contributed by atoms with E-state index >= 15 is 0 Å².